The highest BCUT2D eigenvalue weighted by atomic mass is 35.5. The lowest BCUT2D eigenvalue weighted by molar-refractivity contribution is 0.0982. The van der Waals surface area contributed by atoms with E-state index in [1.165, 1.54) is 10.4 Å². The highest BCUT2D eigenvalue weighted by molar-refractivity contribution is 7.92. The number of aryl methyl sites for hydroxylation is 2. The van der Waals surface area contributed by atoms with Crippen LogP contribution in [0.5, 0.6) is 0 Å². The molecular weight excluding hydrogens is 334 g/mol. The van der Waals surface area contributed by atoms with Crippen LogP contribution >= 0.6 is 11.6 Å². The van der Waals surface area contributed by atoms with E-state index in [2.05, 4.69) is 0 Å². The quantitative estimate of drug-likeness (QED) is 0.829. The van der Waals surface area contributed by atoms with E-state index in [9.17, 15) is 13.2 Å². The number of nitrogens with zero attached hydrogens (tertiary/aromatic N) is 1. The van der Waals surface area contributed by atoms with E-state index >= 15 is 0 Å². The maximum absolute atomic E-state index is 13.1. The Hall–Kier alpha value is -1.85. The third-order valence-corrected chi connectivity index (χ3v) is 6.17. The largest absolute Gasteiger partial charge is 0.294 e. The van der Waals surface area contributed by atoms with Crippen LogP contribution in [0.3, 0.4) is 0 Å². The van der Waals surface area contributed by atoms with Crippen LogP contribution in [0, 0.1) is 13.8 Å². The summed E-state index contributed by atoms with van der Waals surface area (Å²) in [6.45, 7) is 3.76. The molecule has 120 valence electrons. The van der Waals surface area contributed by atoms with Crippen molar-refractivity contribution < 1.29 is 13.2 Å². The second-order valence-electron chi connectivity index (χ2n) is 5.68. The lowest BCUT2D eigenvalue weighted by atomic mass is 10.0. The molecule has 0 atom stereocenters. The van der Waals surface area contributed by atoms with Crippen molar-refractivity contribution in [1.82, 2.24) is 0 Å². The first-order valence-corrected chi connectivity index (χ1v) is 9.05. The Morgan fingerprint density at radius 2 is 1.83 bits per heavy atom. The summed E-state index contributed by atoms with van der Waals surface area (Å²) >= 11 is 5.95. The number of hydrogen-bond acceptors (Lipinski definition) is 3. The molecular formula is C17H16ClNO3S. The molecule has 0 aromatic heterocycles. The number of fused-ring (bicyclic) bond motifs is 1. The van der Waals surface area contributed by atoms with Crippen LogP contribution in [0.25, 0.3) is 0 Å². The lowest BCUT2D eigenvalue weighted by Crippen LogP contribution is -2.37. The number of carbonyl (C=O) groups is 1. The number of rotatable bonds is 2. The van der Waals surface area contributed by atoms with Crippen molar-refractivity contribution in [2.75, 3.05) is 10.8 Å². The van der Waals surface area contributed by atoms with Gasteiger partial charge in [-0.05, 0) is 49.2 Å². The summed E-state index contributed by atoms with van der Waals surface area (Å²) in [5.74, 6) is -0.0880. The SMILES string of the molecule is Cc1ccc(C)c(S(=O)(=O)N2CCC(=O)c3cc(Cl)ccc32)c1. The third-order valence-electron chi connectivity index (χ3n) is 3.98. The number of carbonyl (C=O) groups excluding carboxylic acids is 1. The Labute approximate surface area is 140 Å². The van der Waals surface area contributed by atoms with Gasteiger partial charge in [0.15, 0.2) is 5.78 Å². The van der Waals surface area contributed by atoms with Crippen LogP contribution in [0.15, 0.2) is 41.3 Å². The fourth-order valence-electron chi connectivity index (χ4n) is 2.76. The maximum atomic E-state index is 13.1. The minimum absolute atomic E-state index is 0.0880. The van der Waals surface area contributed by atoms with Crippen LogP contribution in [0.1, 0.15) is 27.9 Å². The molecule has 0 saturated carbocycles. The number of Topliss-reactive ketones (excluding diaryl/α,β-unsaturated/α-hetero) is 1. The standard InChI is InChI=1S/C17H16ClNO3S/c1-11-3-4-12(2)17(9-11)23(21,22)19-8-7-16(20)14-10-13(18)5-6-15(14)19/h3-6,9-10H,7-8H2,1-2H3. The second-order valence-corrected chi connectivity index (χ2v) is 7.95. The molecule has 1 aliphatic heterocycles. The predicted molar refractivity (Wildman–Crippen MR) is 90.8 cm³/mol. The summed E-state index contributed by atoms with van der Waals surface area (Å²) in [5.41, 5.74) is 2.31. The van der Waals surface area contributed by atoms with Crippen molar-refractivity contribution in [2.45, 2.75) is 25.2 Å². The van der Waals surface area contributed by atoms with Gasteiger partial charge >= 0.3 is 0 Å². The Bertz CT molecular complexity index is 906. The molecule has 1 aliphatic rings. The first kappa shape index (κ1) is 16.0. The van der Waals surface area contributed by atoms with E-state index in [1.807, 2.05) is 13.0 Å². The van der Waals surface area contributed by atoms with E-state index in [4.69, 9.17) is 11.6 Å². The number of benzene rings is 2. The van der Waals surface area contributed by atoms with Gasteiger partial charge in [-0.2, -0.15) is 0 Å². The molecule has 0 fully saturated rings. The van der Waals surface area contributed by atoms with Gasteiger partial charge in [0.25, 0.3) is 10.0 Å². The molecule has 0 spiro atoms. The zero-order valence-corrected chi connectivity index (χ0v) is 14.4. The Balaban J connectivity index is 2.17. The monoisotopic (exact) mass is 349 g/mol. The summed E-state index contributed by atoms with van der Waals surface area (Å²) in [5, 5.41) is 0.420. The minimum atomic E-state index is -3.73. The van der Waals surface area contributed by atoms with Gasteiger partial charge in [0, 0.05) is 23.6 Å². The topological polar surface area (TPSA) is 54.5 Å². The van der Waals surface area contributed by atoms with Crippen molar-refractivity contribution in [3.05, 3.63) is 58.1 Å². The number of anilines is 1. The molecule has 0 bridgehead atoms. The average Bonchev–Trinajstić information content (AvgIpc) is 2.50. The fourth-order valence-corrected chi connectivity index (χ4v) is 4.73. The average molecular weight is 350 g/mol. The number of ketones is 1. The van der Waals surface area contributed by atoms with Gasteiger partial charge in [-0.1, -0.05) is 23.7 Å². The molecule has 0 N–H and O–H groups in total. The predicted octanol–water partition coefficient (Wildman–Crippen LogP) is 3.74. The van der Waals surface area contributed by atoms with E-state index < -0.39 is 10.0 Å². The van der Waals surface area contributed by atoms with E-state index in [-0.39, 0.29) is 23.6 Å². The molecule has 0 saturated heterocycles. The zero-order chi connectivity index (χ0) is 16.8. The van der Waals surface area contributed by atoms with Crippen LogP contribution in [-0.4, -0.2) is 20.7 Å². The van der Waals surface area contributed by atoms with Crippen molar-refractivity contribution in [2.24, 2.45) is 0 Å². The zero-order valence-electron chi connectivity index (χ0n) is 12.8. The van der Waals surface area contributed by atoms with Crippen LogP contribution in [-0.2, 0) is 10.0 Å². The van der Waals surface area contributed by atoms with E-state index in [0.29, 0.717) is 21.8 Å². The lowest BCUT2D eigenvalue weighted by Gasteiger charge is -2.30. The van der Waals surface area contributed by atoms with Gasteiger partial charge in [0.2, 0.25) is 0 Å². The molecule has 6 heteroatoms. The molecule has 0 unspecified atom stereocenters. The van der Waals surface area contributed by atoms with Crippen LogP contribution in [0.2, 0.25) is 5.02 Å². The van der Waals surface area contributed by atoms with E-state index in [1.54, 1.807) is 31.2 Å². The third kappa shape index (κ3) is 2.75. The van der Waals surface area contributed by atoms with Gasteiger partial charge < -0.3 is 0 Å². The molecule has 2 aromatic carbocycles. The molecule has 3 rings (SSSR count). The summed E-state index contributed by atoms with van der Waals surface area (Å²) in [6.07, 6.45) is 0.150. The molecule has 4 nitrogen and oxygen atoms in total. The van der Waals surface area contributed by atoms with Crippen LogP contribution < -0.4 is 4.31 Å². The summed E-state index contributed by atoms with van der Waals surface area (Å²) < 4.78 is 27.5. The van der Waals surface area contributed by atoms with Crippen LogP contribution in [0.4, 0.5) is 5.69 Å². The summed E-state index contributed by atoms with van der Waals surface area (Å²) in [4.78, 5) is 12.4. The first-order valence-electron chi connectivity index (χ1n) is 7.23. The van der Waals surface area contributed by atoms with E-state index in [0.717, 1.165) is 5.56 Å². The highest BCUT2D eigenvalue weighted by Gasteiger charge is 2.33. The number of halogens is 1. The smallest absolute Gasteiger partial charge is 0.264 e. The Morgan fingerprint density at radius 1 is 1.09 bits per heavy atom. The second kappa shape index (κ2) is 5.65. The minimum Gasteiger partial charge on any atom is -0.294 e. The molecule has 0 amide bonds. The molecule has 2 aromatic rings. The summed E-state index contributed by atoms with van der Waals surface area (Å²) in [7, 11) is -3.73. The van der Waals surface area contributed by atoms with Gasteiger partial charge in [0.1, 0.15) is 0 Å². The van der Waals surface area contributed by atoms with Crippen molar-refractivity contribution in [1.29, 1.82) is 0 Å². The number of hydrogen-bond donors (Lipinski definition) is 0. The Kier molecular flexibility index (Phi) is 3.94. The molecule has 1 heterocycles. The molecule has 23 heavy (non-hydrogen) atoms. The van der Waals surface area contributed by atoms with Crippen molar-refractivity contribution in [3.8, 4) is 0 Å². The van der Waals surface area contributed by atoms with Gasteiger partial charge in [-0.15, -0.1) is 0 Å². The normalized spacial score (nSPS) is 14.7. The maximum Gasteiger partial charge on any atom is 0.264 e. The van der Waals surface area contributed by atoms with Gasteiger partial charge in [0.05, 0.1) is 10.6 Å². The number of sulfonamides is 1. The van der Waals surface area contributed by atoms with Crippen molar-refractivity contribution >= 4 is 33.1 Å². The summed E-state index contributed by atoms with van der Waals surface area (Å²) in [6, 6.07) is 10.1. The van der Waals surface area contributed by atoms with Gasteiger partial charge in [-0.3, -0.25) is 9.10 Å². The van der Waals surface area contributed by atoms with Gasteiger partial charge in [-0.25, -0.2) is 8.42 Å². The molecule has 0 radical (unpaired) electrons. The Morgan fingerprint density at radius 3 is 2.57 bits per heavy atom. The molecule has 0 aliphatic carbocycles. The first-order chi connectivity index (χ1) is 10.8. The highest BCUT2D eigenvalue weighted by Crippen LogP contribution is 2.34. The van der Waals surface area contributed by atoms with Crippen molar-refractivity contribution in [3.63, 3.8) is 0 Å². The fraction of sp³-hybridized carbons (Fsp3) is 0.235.